The molecule has 1 saturated heterocycles. The van der Waals surface area contributed by atoms with Crippen molar-refractivity contribution < 1.29 is 33.6 Å². The Labute approximate surface area is 219 Å². The number of aliphatic hydroxyl groups is 1. The minimum atomic E-state index is -0.959. The number of carbonyl (C=O) groups excluding carboxylic acids is 2. The number of halogens is 1. The van der Waals surface area contributed by atoms with E-state index in [0.29, 0.717) is 40.9 Å². The highest BCUT2D eigenvalue weighted by Gasteiger charge is 2.47. The number of nitrogens with zero attached hydrogens (tertiary/aromatic N) is 1. The lowest BCUT2D eigenvalue weighted by Crippen LogP contribution is -2.29. The first-order chi connectivity index (χ1) is 17.8. The van der Waals surface area contributed by atoms with Gasteiger partial charge < -0.3 is 24.1 Å². The summed E-state index contributed by atoms with van der Waals surface area (Å²) in [4.78, 5) is 28.1. The quantitative estimate of drug-likeness (QED) is 0.240. The molecule has 0 aliphatic carbocycles. The van der Waals surface area contributed by atoms with Crippen molar-refractivity contribution in [3.05, 3.63) is 82.4 Å². The van der Waals surface area contributed by atoms with E-state index < -0.39 is 17.7 Å². The molecule has 8 nitrogen and oxygen atoms in total. The maximum absolute atomic E-state index is 13.4. The zero-order valence-electron chi connectivity index (χ0n) is 20.8. The van der Waals surface area contributed by atoms with Gasteiger partial charge in [-0.3, -0.25) is 14.5 Å². The van der Waals surface area contributed by atoms with Gasteiger partial charge in [0.05, 0.1) is 44.6 Å². The van der Waals surface area contributed by atoms with Gasteiger partial charge in [-0.15, -0.1) is 0 Å². The summed E-state index contributed by atoms with van der Waals surface area (Å²) in [6.07, 6.45) is 0. The third-order valence-electron chi connectivity index (χ3n) is 6.02. The Balaban J connectivity index is 1.95. The molecular formula is C28H26ClNO7. The molecule has 1 heterocycles. The van der Waals surface area contributed by atoms with Crippen LogP contribution in [0, 0.1) is 0 Å². The summed E-state index contributed by atoms with van der Waals surface area (Å²) in [6, 6.07) is 15.5. The van der Waals surface area contributed by atoms with Crippen LogP contribution >= 0.6 is 11.6 Å². The highest BCUT2D eigenvalue weighted by molar-refractivity contribution is 6.51. The molecule has 3 aromatic carbocycles. The van der Waals surface area contributed by atoms with Gasteiger partial charge in [-0.25, -0.2) is 0 Å². The minimum absolute atomic E-state index is 0.0883. The molecule has 1 N–H and O–H groups in total. The van der Waals surface area contributed by atoms with Gasteiger partial charge in [0, 0.05) is 11.3 Å². The van der Waals surface area contributed by atoms with E-state index in [9.17, 15) is 14.7 Å². The van der Waals surface area contributed by atoms with Crippen LogP contribution in [0.3, 0.4) is 0 Å². The average molecular weight is 524 g/mol. The SMILES string of the molecule is CCOc1cc(C2/C(=C(/O)c3ccc(OC)c(Cl)c3)C(=O)C(=O)N2c2ccc(OC)cc2)ccc1OC. The van der Waals surface area contributed by atoms with Crippen molar-refractivity contribution >= 4 is 34.7 Å². The molecule has 1 aliphatic heterocycles. The summed E-state index contributed by atoms with van der Waals surface area (Å²) in [5.41, 5.74) is 1.17. The van der Waals surface area contributed by atoms with E-state index in [4.69, 9.17) is 30.5 Å². The number of aliphatic hydroxyl groups excluding tert-OH is 1. The number of ether oxygens (including phenoxy) is 4. The summed E-state index contributed by atoms with van der Waals surface area (Å²) >= 11 is 6.28. The van der Waals surface area contributed by atoms with E-state index >= 15 is 0 Å². The Kier molecular flexibility index (Phi) is 7.59. The lowest BCUT2D eigenvalue weighted by molar-refractivity contribution is -0.132. The number of rotatable bonds is 8. The Bertz CT molecular complexity index is 1370. The zero-order chi connectivity index (χ0) is 26.7. The fraction of sp³-hybridized carbons (Fsp3) is 0.214. The Hall–Kier alpha value is -4.17. The lowest BCUT2D eigenvalue weighted by Gasteiger charge is -2.26. The van der Waals surface area contributed by atoms with E-state index in [0.717, 1.165) is 0 Å². The third kappa shape index (κ3) is 4.80. The van der Waals surface area contributed by atoms with Crippen LogP contribution in [0.25, 0.3) is 5.76 Å². The van der Waals surface area contributed by atoms with Crippen LogP contribution < -0.4 is 23.8 Å². The molecule has 0 aromatic heterocycles. The van der Waals surface area contributed by atoms with E-state index in [-0.39, 0.29) is 21.9 Å². The van der Waals surface area contributed by atoms with Crippen molar-refractivity contribution in [3.8, 4) is 23.0 Å². The number of Topliss-reactive ketones (excluding diaryl/α,β-unsaturated/α-hetero) is 1. The van der Waals surface area contributed by atoms with Gasteiger partial charge >= 0.3 is 0 Å². The highest BCUT2D eigenvalue weighted by Crippen LogP contribution is 2.44. The second-order valence-electron chi connectivity index (χ2n) is 8.06. The smallest absolute Gasteiger partial charge is 0.300 e. The number of carbonyl (C=O) groups is 2. The molecular weight excluding hydrogens is 498 g/mol. The van der Waals surface area contributed by atoms with Gasteiger partial charge in [-0.2, -0.15) is 0 Å². The molecule has 4 rings (SSSR count). The van der Waals surface area contributed by atoms with Crippen LogP contribution in [0.5, 0.6) is 23.0 Å². The van der Waals surface area contributed by atoms with Crippen LogP contribution in [0.1, 0.15) is 24.1 Å². The van der Waals surface area contributed by atoms with Gasteiger partial charge in [0.15, 0.2) is 11.5 Å². The second-order valence-corrected chi connectivity index (χ2v) is 8.47. The Morgan fingerprint density at radius 2 is 1.57 bits per heavy atom. The van der Waals surface area contributed by atoms with Gasteiger partial charge in [0.25, 0.3) is 11.7 Å². The number of amides is 1. The molecule has 192 valence electrons. The molecule has 9 heteroatoms. The molecule has 0 saturated carbocycles. The van der Waals surface area contributed by atoms with Crippen molar-refractivity contribution in [2.45, 2.75) is 13.0 Å². The first-order valence-electron chi connectivity index (χ1n) is 11.4. The summed E-state index contributed by atoms with van der Waals surface area (Å²) in [7, 11) is 4.53. The largest absolute Gasteiger partial charge is 0.507 e. The van der Waals surface area contributed by atoms with Crippen molar-refractivity contribution in [2.75, 3.05) is 32.8 Å². The number of hydrogen-bond donors (Lipinski definition) is 1. The van der Waals surface area contributed by atoms with Crippen molar-refractivity contribution in [3.63, 3.8) is 0 Å². The van der Waals surface area contributed by atoms with E-state index in [1.165, 1.54) is 32.3 Å². The molecule has 37 heavy (non-hydrogen) atoms. The second kappa shape index (κ2) is 10.8. The summed E-state index contributed by atoms with van der Waals surface area (Å²) in [6.45, 7) is 2.21. The van der Waals surface area contributed by atoms with E-state index in [1.54, 1.807) is 54.6 Å². The molecule has 0 spiro atoms. The predicted molar refractivity (Wildman–Crippen MR) is 140 cm³/mol. The first kappa shape index (κ1) is 25.9. The topological polar surface area (TPSA) is 94.5 Å². The highest BCUT2D eigenvalue weighted by atomic mass is 35.5. The van der Waals surface area contributed by atoms with Crippen LogP contribution in [0.4, 0.5) is 5.69 Å². The van der Waals surface area contributed by atoms with E-state index in [2.05, 4.69) is 0 Å². The lowest BCUT2D eigenvalue weighted by atomic mass is 9.94. The van der Waals surface area contributed by atoms with Crippen molar-refractivity contribution in [1.82, 2.24) is 0 Å². The number of anilines is 1. The van der Waals surface area contributed by atoms with Crippen LogP contribution in [0.2, 0.25) is 5.02 Å². The number of methoxy groups -OCH3 is 3. The maximum atomic E-state index is 13.4. The average Bonchev–Trinajstić information content (AvgIpc) is 3.18. The number of hydrogen-bond acceptors (Lipinski definition) is 7. The molecule has 1 unspecified atom stereocenters. The molecule has 1 atom stereocenters. The Morgan fingerprint density at radius 3 is 2.16 bits per heavy atom. The number of ketones is 1. The summed E-state index contributed by atoms with van der Waals surface area (Å²) < 4.78 is 21.6. The van der Waals surface area contributed by atoms with Gasteiger partial charge in [-0.05, 0) is 67.1 Å². The zero-order valence-corrected chi connectivity index (χ0v) is 21.5. The van der Waals surface area contributed by atoms with Crippen LogP contribution in [-0.2, 0) is 9.59 Å². The Morgan fingerprint density at radius 1 is 0.892 bits per heavy atom. The molecule has 1 fully saturated rings. The van der Waals surface area contributed by atoms with Crippen LogP contribution in [0.15, 0.2) is 66.2 Å². The van der Waals surface area contributed by atoms with Gasteiger partial charge in [-0.1, -0.05) is 17.7 Å². The monoisotopic (exact) mass is 523 g/mol. The van der Waals surface area contributed by atoms with Gasteiger partial charge in [0.2, 0.25) is 0 Å². The molecule has 1 aliphatic rings. The van der Waals surface area contributed by atoms with E-state index in [1.807, 2.05) is 6.92 Å². The third-order valence-corrected chi connectivity index (χ3v) is 6.32. The van der Waals surface area contributed by atoms with Crippen molar-refractivity contribution in [2.24, 2.45) is 0 Å². The minimum Gasteiger partial charge on any atom is -0.507 e. The number of benzene rings is 3. The van der Waals surface area contributed by atoms with Crippen molar-refractivity contribution in [1.29, 1.82) is 0 Å². The predicted octanol–water partition coefficient (Wildman–Crippen LogP) is 5.39. The standard InChI is InChI=1S/C28H26ClNO7/c1-5-37-23-15-16(6-13-22(23)36-4)25-24(26(31)17-7-12-21(35-3)20(29)14-17)27(32)28(33)30(25)18-8-10-19(34-2)11-9-18/h6-15,25,31H,5H2,1-4H3/b26-24-. The summed E-state index contributed by atoms with van der Waals surface area (Å²) in [5.74, 6) is -0.0520. The molecule has 3 aromatic rings. The first-order valence-corrected chi connectivity index (χ1v) is 11.8. The maximum Gasteiger partial charge on any atom is 0.300 e. The molecule has 1 amide bonds. The molecule has 0 bridgehead atoms. The molecule has 0 radical (unpaired) electrons. The fourth-order valence-electron chi connectivity index (χ4n) is 4.26. The van der Waals surface area contributed by atoms with Gasteiger partial charge in [0.1, 0.15) is 17.3 Å². The van der Waals surface area contributed by atoms with Crippen LogP contribution in [-0.4, -0.2) is 44.7 Å². The normalized spacial score (nSPS) is 16.6. The summed E-state index contributed by atoms with van der Waals surface area (Å²) in [5, 5.41) is 11.6. The fourth-order valence-corrected chi connectivity index (χ4v) is 4.52.